The Morgan fingerprint density at radius 1 is 1.08 bits per heavy atom. The maximum atomic E-state index is 13.6. The first-order chi connectivity index (χ1) is 17.8. The van der Waals surface area contributed by atoms with Gasteiger partial charge in [-0.3, -0.25) is 14.5 Å². The number of anilines is 2. The molecule has 1 heterocycles. The average Bonchev–Trinajstić information content (AvgIpc) is 3.09. The third-order valence-corrected chi connectivity index (χ3v) is 6.87. The molecule has 6 nitrogen and oxygen atoms in total. The number of rotatable bonds is 9. The van der Waals surface area contributed by atoms with E-state index in [1.165, 1.54) is 29.2 Å². The quantitative estimate of drug-likeness (QED) is 0.321. The Hall–Kier alpha value is -3.20. The van der Waals surface area contributed by atoms with Crippen molar-refractivity contribution in [2.24, 2.45) is 0 Å². The Morgan fingerprint density at radius 3 is 2.43 bits per heavy atom. The molecule has 3 aromatic rings. The summed E-state index contributed by atoms with van der Waals surface area (Å²) in [5.41, 5.74) is 1.85. The molecule has 0 aliphatic carbocycles. The SMILES string of the molecule is CCOc1ccc(N2C(=O)C(CC(=O)Nc3ccc(F)cc3)N(CCc3ccc(Cl)cc3Cl)C2=S)cc1. The molecule has 192 valence electrons. The highest BCUT2D eigenvalue weighted by atomic mass is 35.5. The molecule has 0 bridgehead atoms. The van der Waals surface area contributed by atoms with Crippen LogP contribution >= 0.6 is 35.4 Å². The molecule has 0 radical (unpaired) electrons. The number of nitrogens with zero attached hydrogens (tertiary/aromatic N) is 2. The Bertz CT molecular complexity index is 1310. The number of hydrogen-bond donors (Lipinski definition) is 1. The number of hydrogen-bond acceptors (Lipinski definition) is 4. The first-order valence-electron chi connectivity index (χ1n) is 11.6. The van der Waals surface area contributed by atoms with Gasteiger partial charge in [0.05, 0.1) is 18.7 Å². The molecule has 10 heteroatoms. The van der Waals surface area contributed by atoms with E-state index in [-0.39, 0.29) is 12.3 Å². The third kappa shape index (κ3) is 6.39. The van der Waals surface area contributed by atoms with Crippen molar-refractivity contribution < 1.29 is 18.7 Å². The maximum Gasteiger partial charge on any atom is 0.256 e. The van der Waals surface area contributed by atoms with E-state index in [0.717, 1.165) is 5.56 Å². The second kappa shape index (κ2) is 11.9. The number of benzene rings is 3. The summed E-state index contributed by atoms with van der Waals surface area (Å²) in [6.07, 6.45) is 0.342. The summed E-state index contributed by atoms with van der Waals surface area (Å²) in [5.74, 6) is -0.443. The Kier molecular flexibility index (Phi) is 8.63. The van der Waals surface area contributed by atoms with Gasteiger partial charge in [-0.05, 0) is 91.8 Å². The van der Waals surface area contributed by atoms with E-state index in [1.807, 2.05) is 13.0 Å². The summed E-state index contributed by atoms with van der Waals surface area (Å²) >= 11 is 18.1. The predicted molar refractivity (Wildman–Crippen MR) is 148 cm³/mol. The van der Waals surface area contributed by atoms with E-state index < -0.39 is 17.8 Å². The van der Waals surface area contributed by atoms with Crippen LogP contribution in [-0.4, -0.2) is 41.0 Å². The number of thiocarbonyl (C=S) groups is 1. The zero-order chi connectivity index (χ0) is 26.5. The van der Waals surface area contributed by atoms with Gasteiger partial charge in [-0.25, -0.2) is 4.39 Å². The van der Waals surface area contributed by atoms with Crippen molar-refractivity contribution in [2.45, 2.75) is 25.8 Å². The number of halogens is 3. The summed E-state index contributed by atoms with van der Waals surface area (Å²) in [7, 11) is 0. The molecule has 3 aromatic carbocycles. The minimum absolute atomic E-state index is 0.141. The van der Waals surface area contributed by atoms with Crippen LogP contribution in [0.25, 0.3) is 0 Å². The largest absolute Gasteiger partial charge is 0.494 e. The molecule has 0 saturated carbocycles. The molecule has 1 aliphatic rings. The van der Waals surface area contributed by atoms with E-state index in [4.69, 9.17) is 40.2 Å². The minimum atomic E-state index is -0.828. The molecule has 1 fully saturated rings. The van der Waals surface area contributed by atoms with Crippen molar-refractivity contribution in [3.8, 4) is 5.75 Å². The molecule has 1 atom stereocenters. The molecule has 37 heavy (non-hydrogen) atoms. The second-order valence-electron chi connectivity index (χ2n) is 8.34. The number of nitrogens with one attached hydrogen (secondary N) is 1. The van der Waals surface area contributed by atoms with E-state index in [0.29, 0.717) is 51.9 Å². The number of ether oxygens (including phenoxy) is 1. The lowest BCUT2D eigenvalue weighted by atomic mass is 10.1. The van der Waals surface area contributed by atoms with Crippen molar-refractivity contribution in [3.05, 3.63) is 88.2 Å². The number of carbonyl (C=O) groups is 2. The fraction of sp³-hybridized carbons (Fsp3) is 0.222. The van der Waals surface area contributed by atoms with E-state index in [9.17, 15) is 14.0 Å². The maximum absolute atomic E-state index is 13.6. The number of carbonyl (C=O) groups excluding carboxylic acids is 2. The highest BCUT2D eigenvalue weighted by molar-refractivity contribution is 7.80. The molecule has 2 amide bonds. The van der Waals surface area contributed by atoms with Crippen LogP contribution in [0.5, 0.6) is 5.75 Å². The van der Waals surface area contributed by atoms with Gasteiger partial charge in [-0.2, -0.15) is 0 Å². The minimum Gasteiger partial charge on any atom is -0.494 e. The summed E-state index contributed by atoms with van der Waals surface area (Å²) < 4.78 is 18.7. The number of amides is 2. The lowest BCUT2D eigenvalue weighted by molar-refractivity contribution is -0.124. The monoisotopic (exact) mass is 559 g/mol. The summed E-state index contributed by atoms with van der Waals surface area (Å²) in [6, 6.07) is 16.9. The molecule has 1 saturated heterocycles. The summed E-state index contributed by atoms with van der Waals surface area (Å²) in [5, 5.41) is 4.05. The molecular weight excluding hydrogens is 536 g/mol. The topological polar surface area (TPSA) is 61.9 Å². The van der Waals surface area contributed by atoms with Gasteiger partial charge in [0.25, 0.3) is 5.91 Å². The van der Waals surface area contributed by atoms with Gasteiger partial charge in [0.2, 0.25) is 5.91 Å². The lowest BCUT2D eigenvalue weighted by Crippen LogP contribution is -2.39. The van der Waals surface area contributed by atoms with Crippen LogP contribution in [0.2, 0.25) is 10.0 Å². The lowest BCUT2D eigenvalue weighted by Gasteiger charge is -2.24. The molecule has 0 aromatic heterocycles. The summed E-state index contributed by atoms with van der Waals surface area (Å²) in [4.78, 5) is 29.6. The third-order valence-electron chi connectivity index (χ3n) is 5.87. The molecular formula is C27H24Cl2FN3O3S. The molecule has 1 aliphatic heterocycles. The molecule has 4 rings (SSSR count). The van der Waals surface area contributed by atoms with Crippen LogP contribution in [0, 0.1) is 5.82 Å². The zero-order valence-electron chi connectivity index (χ0n) is 19.9. The van der Waals surface area contributed by atoms with E-state index in [2.05, 4.69) is 5.32 Å². The van der Waals surface area contributed by atoms with Crippen molar-refractivity contribution in [1.82, 2.24) is 4.90 Å². The van der Waals surface area contributed by atoms with E-state index in [1.54, 1.807) is 41.3 Å². The van der Waals surface area contributed by atoms with Gasteiger partial charge >= 0.3 is 0 Å². The van der Waals surface area contributed by atoms with Crippen LogP contribution in [0.1, 0.15) is 18.9 Å². The van der Waals surface area contributed by atoms with Crippen molar-refractivity contribution >= 4 is 63.7 Å². The zero-order valence-corrected chi connectivity index (χ0v) is 22.2. The molecule has 1 unspecified atom stereocenters. The molecule has 1 N–H and O–H groups in total. The van der Waals surface area contributed by atoms with Crippen LogP contribution in [0.15, 0.2) is 66.7 Å². The predicted octanol–water partition coefficient (Wildman–Crippen LogP) is 6.10. The van der Waals surface area contributed by atoms with Crippen LogP contribution in [-0.2, 0) is 16.0 Å². The average molecular weight is 560 g/mol. The van der Waals surface area contributed by atoms with Gasteiger partial charge in [-0.15, -0.1) is 0 Å². The summed E-state index contributed by atoms with van der Waals surface area (Å²) in [6.45, 7) is 2.76. The van der Waals surface area contributed by atoms with Gasteiger partial charge in [0, 0.05) is 22.3 Å². The first kappa shape index (κ1) is 26.9. The first-order valence-corrected chi connectivity index (χ1v) is 12.8. The second-order valence-corrected chi connectivity index (χ2v) is 9.55. The van der Waals surface area contributed by atoms with Gasteiger partial charge in [0.15, 0.2) is 5.11 Å². The molecule has 0 spiro atoms. The van der Waals surface area contributed by atoms with Gasteiger partial charge in [-0.1, -0.05) is 29.3 Å². The fourth-order valence-electron chi connectivity index (χ4n) is 4.07. The Labute approximate surface area is 229 Å². The smallest absolute Gasteiger partial charge is 0.256 e. The van der Waals surface area contributed by atoms with Gasteiger partial charge in [0.1, 0.15) is 17.6 Å². The Morgan fingerprint density at radius 2 is 1.78 bits per heavy atom. The standard InChI is InChI=1S/C27H24Cl2FN3O3S/c1-2-36-22-11-9-21(10-12-22)33-26(35)24(16-25(34)31-20-7-5-19(30)6-8-20)32(27(33)37)14-13-17-3-4-18(28)15-23(17)29/h3-12,15,24H,2,13-14,16H2,1H3,(H,31,34). The Balaban J connectivity index is 1.56. The fourth-order valence-corrected chi connectivity index (χ4v) is 4.99. The van der Waals surface area contributed by atoms with E-state index >= 15 is 0 Å². The van der Waals surface area contributed by atoms with Crippen LogP contribution in [0.4, 0.5) is 15.8 Å². The van der Waals surface area contributed by atoms with Gasteiger partial charge < -0.3 is 15.0 Å². The highest BCUT2D eigenvalue weighted by Crippen LogP contribution is 2.30. The van der Waals surface area contributed by atoms with Crippen molar-refractivity contribution in [1.29, 1.82) is 0 Å². The van der Waals surface area contributed by atoms with Crippen molar-refractivity contribution in [2.75, 3.05) is 23.4 Å². The highest BCUT2D eigenvalue weighted by Gasteiger charge is 2.44. The van der Waals surface area contributed by atoms with Crippen LogP contribution in [0.3, 0.4) is 0 Å². The van der Waals surface area contributed by atoms with Crippen LogP contribution < -0.4 is 15.0 Å². The normalized spacial score (nSPS) is 15.3. The van der Waals surface area contributed by atoms with Crippen molar-refractivity contribution in [3.63, 3.8) is 0 Å².